The molecule has 0 spiro atoms. The van der Waals surface area contributed by atoms with E-state index in [1.54, 1.807) is 30.3 Å². The number of hydrogen-bond donors (Lipinski definition) is 2. The molecule has 176 valence electrons. The third-order valence-electron chi connectivity index (χ3n) is 5.68. The first-order valence-corrected chi connectivity index (χ1v) is 11.4. The van der Waals surface area contributed by atoms with Gasteiger partial charge in [-0.15, -0.1) is 0 Å². The van der Waals surface area contributed by atoms with Gasteiger partial charge >= 0.3 is 0 Å². The zero-order chi connectivity index (χ0) is 23.4. The summed E-state index contributed by atoms with van der Waals surface area (Å²) in [5, 5.41) is 5.60. The Morgan fingerprint density at radius 2 is 1.88 bits per heavy atom. The van der Waals surface area contributed by atoms with Crippen molar-refractivity contribution in [2.75, 3.05) is 29.9 Å². The van der Waals surface area contributed by atoms with E-state index in [4.69, 9.17) is 9.47 Å². The van der Waals surface area contributed by atoms with Gasteiger partial charge in [0.15, 0.2) is 6.61 Å². The predicted molar refractivity (Wildman–Crippen MR) is 124 cm³/mol. The standard InChI is InChI=1S/C25H30FN3O4/c1-16-13-29(14-17(2)33-16)23-9-6-18(10-22(23)26)12-27-24(30)15-32-21-5-3-4-20(11-21)28-25(31)19-7-8-19/h3-6,9-11,16-17,19H,7-8,12-15H2,1-2H3,(H,27,30)(H,28,31). The molecule has 0 bridgehead atoms. The van der Waals surface area contributed by atoms with Crippen molar-refractivity contribution in [3.8, 4) is 5.75 Å². The normalized spacial score (nSPS) is 20.3. The molecule has 1 saturated heterocycles. The van der Waals surface area contributed by atoms with Crippen LogP contribution in [0, 0.1) is 11.7 Å². The van der Waals surface area contributed by atoms with Crippen LogP contribution in [-0.2, 0) is 20.9 Å². The Labute approximate surface area is 193 Å². The van der Waals surface area contributed by atoms with E-state index in [1.165, 1.54) is 6.07 Å². The molecule has 0 radical (unpaired) electrons. The van der Waals surface area contributed by atoms with Gasteiger partial charge in [-0.05, 0) is 56.5 Å². The quantitative estimate of drug-likeness (QED) is 0.637. The fourth-order valence-electron chi connectivity index (χ4n) is 3.95. The van der Waals surface area contributed by atoms with Crippen molar-refractivity contribution in [1.29, 1.82) is 0 Å². The number of amides is 2. The minimum Gasteiger partial charge on any atom is -0.484 e. The van der Waals surface area contributed by atoms with Gasteiger partial charge in [-0.2, -0.15) is 0 Å². The lowest BCUT2D eigenvalue weighted by molar-refractivity contribution is -0.123. The third-order valence-corrected chi connectivity index (χ3v) is 5.68. The summed E-state index contributed by atoms with van der Waals surface area (Å²) >= 11 is 0. The fourth-order valence-corrected chi connectivity index (χ4v) is 3.95. The summed E-state index contributed by atoms with van der Waals surface area (Å²) in [6, 6.07) is 12.0. The zero-order valence-electron chi connectivity index (χ0n) is 19.0. The lowest BCUT2D eigenvalue weighted by Gasteiger charge is -2.37. The van der Waals surface area contributed by atoms with E-state index in [9.17, 15) is 14.0 Å². The predicted octanol–water partition coefficient (Wildman–Crippen LogP) is 3.48. The lowest BCUT2D eigenvalue weighted by atomic mass is 10.1. The highest BCUT2D eigenvalue weighted by Crippen LogP contribution is 2.30. The molecule has 4 rings (SSSR count). The average molecular weight is 456 g/mol. The molecular formula is C25H30FN3O4. The second kappa shape index (κ2) is 10.2. The van der Waals surface area contributed by atoms with E-state index < -0.39 is 0 Å². The summed E-state index contributed by atoms with van der Waals surface area (Å²) < 4.78 is 26.0. The Kier molecular flexibility index (Phi) is 7.13. The van der Waals surface area contributed by atoms with Crippen molar-refractivity contribution in [2.24, 2.45) is 5.92 Å². The molecule has 2 fully saturated rings. The van der Waals surface area contributed by atoms with E-state index in [0.717, 1.165) is 12.8 Å². The van der Waals surface area contributed by atoms with Crippen LogP contribution in [0.25, 0.3) is 0 Å². The molecule has 2 unspecified atom stereocenters. The smallest absolute Gasteiger partial charge is 0.258 e. The third kappa shape index (κ3) is 6.44. The summed E-state index contributed by atoms with van der Waals surface area (Å²) in [4.78, 5) is 26.1. The number of morpholine rings is 1. The molecule has 1 aliphatic carbocycles. The molecular weight excluding hydrogens is 425 g/mol. The van der Waals surface area contributed by atoms with Crippen LogP contribution in [-0.4, -0.2) is 43.7 Å². The Morgan fingerprint density at radius 1 is 1.12 bits per heavy atom. The topological polar surface area (TPSA) is 79.9 Å². The molecule has 0 aromatic heterocycles. The maximum absolute atomic E-state index is 14.7. The summed E-state index contributed by atoms with van der Waals surface area (Å²) in [6.45, 7) is 5.26. The first-order valence-electron chi connectivity index (χ1n) is 11.4. The number of carbonyl (C=O) groups excluding carboxylic acids is 2. The Balaban J connectivity index is 1.25. The number of nitrogens with one attached hydrogen (secondary N) is 2. The Morgan fingerprint density at radius 3 is 2.58 bits per heavy atom. The van der Waals surface area contributed by atoms with E-state index in [2.05, 4.69) is 10.6 Å². The number of ether oxygens (including phenoxy) is 2. The summed E-state index contributed by atoms with van der Waals surface area (Å²) in [5.41, 5.74) is 1.86. The maximum Gasteiger partial charge on any atom is 0.258 e. The fraction of sp³-hybridized carbons (Fsp3) is 0.440. The molecule has 2 aromatic rings. The van der Waals surface area contributed by atoms with Crippen molar-refractivity contribution >= 4 is 23.2 Å². The summed E-state index contributed by atoms with van der Waals surface area (Å²) in [6.07, 6.45) is 1.95. The van der Waals surface area contributed by atoms with Gasteiger partial charge in [0.2, 0.25) is 5.91 Å². The number of anilines is 2. The van der Waals surface area contributed by atoms with Crippen LogP contribution in [0.2, 0.25) is 0 Å². The SMILES string of the molecule is CC1CN(c2ccc(CNC(=O)COc3cccc(NC(=O)C4CC4)c3)cc2F)CC(C)O1. The first-order chi connectivity index (χ1) is 15.9. The minimum absolute atomic E-state index is 0.0146. The van der Waals surface area contributed by atoms with Crippen molar-refractivity contribution < 1.29 is 23.5 Å². The van der Waals surface area contributed by atoms with Gasteiger partial charge in [0.05, 0.1) is 17.9 Å². The molecule has 2 amide bonds. The van der Waals surface area contributed by atoms with Crippen LogP contribution in [0.3, 0.4) is 0 Å². The largest absolute Gasteiger partial charge is 0.484 e. The molecule has 1 heterocycles. The van der Waals surface area contributed by atoms with Crippen molar-refractivity contribution in [2.45, 2.75) is 45.4 Å². The monoisotopic (exact) mass is 455 g/mol. The van der Waals surface area contributed by atoms with Crippen molar-refractivity contribution in [1.82, 2.24) is 5.32 Å². The minimum atomic E-state index is -0.317. The number of halogens is 1. The van der Waals surface area contributed by atoms with Crippen LogP contribution >= 0.6 is 0 Å². The Hall–Kier alpha value is -3.13. The van der Waals surface area contributed by atoms with Crippen LogP contribution in [0.5, 0.6) is 5.75 Å². The van der Waals surface area contributed by atoms with Crippen LogP contribution in [0.15, 0.2) is 42.5 Å². The van der Waals surface area contributed by atoms with Crippen molar-refractivity contribution in [3.05, 3.63) is 53.8 Å². The molecule has 8 heteroatoms. The van der Waals surface area contributed by atoms with E-state index >= 15 is 0 Å². The molecule has 1 aliphatic heterocycles. The molecule has 33 heavy (non-hydrogen) atoms. The summed E-state index contributed by atoms with van der Waals surface area (Å²) in [5.74, 6) is -0.0174. The second-order valence-electron chi connectivity index (χ2n) is 8.80. The highest BCUT2D eigenvalue weighted by Gasteiger charge is 2.29. The van der Waals surface area contributed by atoms with E-state index in [-0.39, 0.29) is 48.9 Å². The van der Waals surface area contributed by atoms with Gasteiger partial charge in [-0.1, -0.05) is 12.1 Å². The summed E-state index contributed by atoms with van der Waals surface area (Å²) in [7, 11) is 0. The van der Waals surface area contributed by atoms with Gasteiger partial charge in [-0.25, -0.2) is 4.39 Å². The number of rotatable bonds is 8. The lowest BCUT2D eigenvalue weighted by Crippen LogP contribution is -2.45. The van der Waals surface area contributed by atoms with Gasteiger partial charge in [0, 0.05) is 37.3 Å². The first kappa shape index (κ1) is 23.0. The maximum atomic E-state index is 14.7. The highest BCUT2D eigenvalue weighted by atomic mass is 19.1. The zero-order valence-corrected chi connectivity index (χ0v) is 19.0. The molecule has 1 saturated carbocycles. The van der Waals surface area contributed by atoms with Crippen LogP contribution in [0.4, 0.5) is 15.8 Å². The van der Waals surface area contributed by atoms with E-state index in [0.29, 0.717) is 35.8 Å². The molecule has 2 aliphatic rings. The van der Waals surface area contributed by atoms with Gasteiger partial charge < -0.3 is 25.0 Å². The molecule has 7 nitrogen and oxygen atoms in total. The van der Waals surface area contributed by atoms with Gasteiger partial charge in [-0.3, -0.25) is 9.59 Å². The molecule has 2 aromatic carbocycles. The second-order valence-corrected chi connectivity index (χ2v) is 8.80. The van der Waals surface area contributed by atoms with Gasteiger partial charge in [0.25, 0.3) is 5.91 Å². The highest BCUT2D eigenvalue weighted by molar-refractivity contribution is 5.94. The van der Waals surface area contributed by atoms with Crippen molar-refractivity contribution in [3.63, 3.8) is 0 Å². The van der Waals surface area contributed by atoms with Crippen LogP contribution in [0.1, 0.15) is 32.3 Å². The number of nitrogens with zero attached hydrogens (tertiary/aromatic N) is 1. The van der Waals surface area contributed by atoms with E-state index in [1.807, 2.05) is 24.8 Å². The molecule has 2 N–H and O–H groups in total. The van der Waals surface area contributed by atoms with Gasteiger partial charge in [0.1, 0.15) is 11.6 Å². The average Bonchev–Trinajstić information content (AvgIpc) is 3.61. The molecule has 2 atom stereocenters. The Bertz CT molecular complexity index is 1000. The number of carbonyl (C=O) groups is 2. The number of hydrogen-bond acceptors (Lipinski definition) is 5. The number of benzene rings is 2. The van der Waals surface area contributed by atoms with Crippen LogP contribution < -0.4 is 20.3 Å².